The molecule has 0 saturated carbocycles. The highest BCUT2D eigenvalue weighted by Gasteiger charge is 2.10. The fraction of sp³-hybridized carbons (Fsp3) is 0.0714. The van der Waals surface area contributed by atoms with Gasteiger partial charge in [-0.25, -0.2) is 13.2 Å². The molecule has 0 spiro atoms. The number of rotatable bonds is 3. The minimum absolute atomic E-state index is 0.0253. The molecule has 0 aromatic heterocycles. The van der Waals surface area contributed by atoms with Crippen LogP contribution in [0.3, 0.4) is 0 Å². The van der Waals surface area contributed by atoms with Gasteiger partial charge in [0.15, 0.2) is 0 Å². The molecule has 6 heteroatoms. The van der Waals surface area contributed by atoms with Crippen LogP contribution in [0.1, 0.15) is 11.1 Å². The molecule has 102 valence electrons. The summed E-state index contributed by atoms with van der Waals surface area (Å²) in [6.45, 7) is -0.0253. The van der Waals surface area contributed by atoms with Gasteiger partial charge < -0.3 is 5.32 Å². The van der Waals surface area contributed by atoms with Crippen molar-refractivity contribution in [1.29, 1.82) is 5.26 Å². The van der Waals surface area contributed by atoms with E-state index in [0.29, 0.717) is 5.56 Å². The second kappa shape index (κ2) is 5.97. The molecule has 2 aromatic rings. The predicted octanol–water partition coefficient (Wildman–Crippen LogP) is 4.35. The topological polar surface area (TPSA) is 35.8 Å². The monoisotopic (exact) mass is 340 g/mol. The van der Waals surface area contributed by atoms with Gasteiger partial charge in [0, 0.05) is 22.6 Å². The zero-order valence-electron chi connectivity index (χ0n) is 10.1. The van der Waals surface area contributed by atoms with Crippen LogP contribution < -0.4 is 5.32 Å². The summed E-state index contributed by atoms with van der Waals surface area (Å²) >= 11 is 3.03. The highest BCUT2D eigenvalue weighted by atomic mass is 79.9. The number of anilines is 1. The Morgan fingerprint density at radius 2 is 1.85 bits per heavy atom. The molecule has 0 aliphatic rings. The van der Waals surface area contributed by atoms with Crippen molar-refractivity contribution in [2.75, 3.05) is 5.32 Å². The molecular formula is C14H8BrF3N2. The smallest absolute Gasteiger partial charge is 0.150 e. The molecule has 0 heterocycles. The quantitative estimate of drug-likeness (QED) is 0.901. The van der Waals surface area contributed by atoms with Crippen LogP contribution in [-0.2, 0) is 6.54 Å². The van der Waals surface area contributed by atoms with Gasteiger partial charge in [-0.3, -0.25) is 0 Å². The zero-order chi connectivity index (χ0) is 14.7. The van der Waals surface area contributed by atoms with E-state index in [1.54, 1.807) is 0 Å². The number of nitriles is 1. The van der Waals surface area contributed by atoms with E-state index >= 15 is 0 Å². The second-order valence-electron chi connectivity index (χ2n) is 4.02. The molecule has 0 aliphatic carbocycles. The third-order valence-electron chi connectivity index (χ3n) is 2.64. The summed E-state index contributed by atoms with van der Waals surface area (Å²) in [7, 11) is 0. The minimum Gasteiger partial charge on any atom is -0.378 e. The lowest BCUT2D eigenvalue weighted by atomic mass is 10.1. The molecule has 0 atom stereocenters. The van der Waals surface area contributed by atoms with Crippen molar-refractivity contribution in [3.05, 3.63) is 63.4 Å². The molecule has 0 radical (unpaired) electrons. The third kappa shape index (κ3) is 3.11. The average Bonchev–Trinajstić information content (AvgIpc) is 2.39. The summed E-state index contributed by atoms with van der Waals surface area (Å²) in [4.78, 5) is 0. The lowest BCUT2D eigenvalue weighted by Crippen LogP contribution is -2.05. The van der Waals surface area contributed by atoms with Gasteiger partial charge in [0.05, 0.1) is 17.3 Å². The van der Waals surface area contributed by atoms with Gasteiger partial charge in [-0.2, -0.15) is 5.26 Å². The Bertz CT molecular complexity index is 672. The first-order chi connectivity index (χ1) is 9.51. The summed E-state index contributed by atoms with van der Waals surface area (Å²) in [6, 6.07) is 7.63. The first-order valence-electron chi connectivity index (χ1n) is 5.58. The van der Waals surface area contributed by atoms with Gasteiger partial charge in [0.1, 0.15) is 17.5 Å². The van der Waals surface area contributed by atoms with Crippen LogP contribution >= 0.6 is 15.9 Å². The normalized spacial score (nSPS) is 10.2. The molecular weight excluding hydrogens is 333 g/mol. The molecule has 2 nitrogen and oxygen atoms in total. The SMILES string of the molecule is N#Cc1ccc(F)c(CNc2c(F)cc(F)cc2Br)c1. The van der Waals surface area contributed by atoms with Gasteiger partial charge in [-0.15, -0.1) is 0 Å². The molecule has 0 amide bonds. The number of nitrogens with one attached hydrogen (secondary N) is 1. The summed E-state index contributed by atoms with van der Waals surface area (Å²) in [5.41, 5.74) is 0.565. The maximum atomic E-state index is 13.6. The molecule has 1 N–H and O–H groups in total. The summed E-state index contributed by atoms with van der Waals surface area (Å²) in [5.74, 6) is -2.00. The van der Waals surface area contributed by atoms with Crippen molar-refractivity contribution in [1.82, 2.24) is 0 Å². The van der Waals surface area contributed by atoms with Crippen LogP contribution in [0.15, 0.2) is 34.8 Å². The largest absolute Gasteiger partial charge is 0.378 e. The minimum atomic E-state index is -0.784. The van der Waals surface area contributed by atoms with E-state index in [1.807, 2.05) is 6.07 Å². The average molecular weight is 341 g/mol. The Labute approximate surface area is 122 Å². The highest BCUT2D eigenvalue weighted by Crippen LogP contribution is 2.27. The van der Waals surface area contributed by atoms with E-state index in [9.17, 15) is 13.2 Å². The molecule has 2 rings (SSSR count). The Morgan fingerprint density at radius 1 is 1.10 bits per heavy atom. The fourth-order valence-corrected chi connectivity index (χ4v) is 2.22. The van der Waals surface area contributed by atoms with E-state index in [0.717, 1.165) is 12.1 Å². The lowest BCUT2D eigenvalue weighted by Gasteiger charge is -2.11. The van der Waals surface area contributed by atoms with E-state index in [1.165, 1.54) is 18.2 Å². The Morgan fingerprint density at radius 3 is 2.50 bits per heavy atom. The Hall–Kier alpha value is -2.00. The van der Waals surface area contributed by atoms with Crippen LogP contribution in [0.5, 0.6) is 0 Å². The van der Waals surface area contributed by atoms with Crippen molar-refractivity contribution in [3.63, 3.8) is 0 Å². The van der Waals surface area contributed by atoms with Crippen molar-refractivity contribution >= 4 is 21.6 Å². The van der Waals surface area contributed by atoms with E-state index in [2.05, 4.69) is 21.2 Å². The maximum Gasteiger partial charge on any atom is 0.150 e. The molecule has 0 bridgehead atoms. The van der Waals surface area contributed by atoms with Crippen LogP contribution in [-0.4, -0.2) is 0 Å². The van der Waals surface area contributed by atoms with E-state index < -0.39 is 17.5 Å². The lowest BCUT2D eigenvalue weighted by molar-refractivity contribution is 0.582. The van der Waals surface area contributed by atoms with Gasteiger partial charge >= 0.3 is 0 Å². The summed E-state index contributed by atoms with van der Waals surface area (Å²) in [5, 5.41) is 11.4. The Kier molecular flexibility index (Phi) is 4.30. The molecule has 0 fully saturated rings. The first-order valence-corrected chi connectivity index (χ1v) is 6.37. The molecule has 0 aliphatic heterocycles. The van der Waals surface area contributed by atoms with Crippen molar-refractivity contribution in [2.45, 2.75) is 6.54 Å². The van der Waals surface area contributed by atoms with E-state index in [4.69, 9.17) is 5.26 Å². The number of hydrogen-bond donors (Lipinski definition) is 1. The van der Waals surface area contributed by atoms with Gasteiger partial charge in [-0.1, -0.05) is 0 Å². The van der Waals surface area contributed by atoms with Crippen LogP contribution in [0.25, 0.3) is 0 Å². The van der Waals surface area contributed by atoms with Crippen molar-refractivity contribution in [3.8, 4) is 6.07 Å². The van der Waals surface area contributed by atoms with E-state index in [-0.39, 0.29) is 22.3 Å². The molecule has 2 aromatic carbocycles. The van der Waals surface area contributed by atoms with Crippen LogP contribution in [0, 0.1) is 28.8 Å². The maximum absolute atomic E-state index is 13.6. The van der Waals surface area contributed by atoms with Crippen LogP contribution in [0.4, 0.5) is 18.9 Å². The van der Waals surface area contributed by atoms with Gasteiger partial charge in [-0.05, 0) is 40.2 Å². The number of nitrogens with zero attached hydrogens (tertiary/aromatic N) is 1. The zero-order valence-corrected chi connectivity index (χ0v) is 11.6. The third-order valence-corrected chi connectivity index (χ3v) is 3.26. The van der Waals surface area contributed by atoms with Crippen molar-refractivity contribution < 1.29 is 13.2 Å². The fourth-order valence-electron chi connectivity index (χ4n) is 1.67. The molecule has 0 saturated heterocycles. The molecule has 20 heavy (non-hydrogen) atoms. The second-order valence-corrected chi connectivity index (χ2v) is 4.87. The standard InChI is InChI=1S/C14H8BrF3N2/c15-11-4-10(16)5-13(18)14(11)20-7-9-3-8(6-19)1-2-12(9)17/h1-5,20H,7H2. The highest BCUT2D eigenvalue weighted by molar-refractivity contribution is 9.10. The Balaban J connectivity index is 2.24. The summed E-state index contributed by atoms with van der Waals surface area (Å²) in [6.07, 6.45) is 0. The van der Waals surface area contributed by atoms with Crippen molar-refractivity contribution in [2.24, 2.45) is 0 Å². The number of halogens is 4. The summed E-state index contributed by atoms with van der Waals surface area (Å²) < 4.78 is 40.3. The first kappa shape index (κ1) is 14.4. The number of hydrogen-bond acceptors (Lipinski definition) is 2. The van der Waals surface area contributed by atoms with Crippen LogP contribution in [0.2, 0.25) is 0 Å². The molecule has 0 unspecified atom stereocenters. The van der Waals surface area contributed by atoms with Gasteiger partial charge in [0.2, 0.25) is 0 Å². The number of benzene rings is 2. The van der Waals surface area contributed by atoms with Gasteiger partial charge in [0.25, 0.3) is 0 Å². The predicted molar refractivity (Wildman–Crippen MR) is 72.5 cm³/mol.